The van der Waals surface area contributed by atoms with Gasteiger partial charge < -0.3 is 25.8 Å². The zero-order valence-electron chi connectivity index (χ0n) is 24.4. The Kier molecular flexibility index (Phi) is 8.57. The monoisotopic (exact) mass is 574 g/mol. The number of piperazine rings is 1. The van der Waals surface area contributed by atoms with Gasteiger partial charge in [-0.15, -0.1) is 0 Å². The van der Waals surface area contributed by atoms with E-state index in [0.29, 0.717) is 48.5 Å². The van der Waals surface area contributed by atoms with Gasteiger partial charge in [0.1, 0.15) is 0 Å². The number of anilines is 1. The molecule has 9 heteroatoms. The molecule has 5 fully saturated rings. The molecule has 4 saturated carbocycles. The SMILES string of the molecule is CC[C@H](C[C@H](O)[C@@H](N)CN1CC(=O)N(c2ccccc2Cl)CC1(C)C)C(=O)NC1[C@H]2CC3C[C@H]1CC(OC)(C3)C2. The first-order chi connectivity index (χ1) is 18.9. The summed E-state index contributed by atoms with van der Waals surface area (Å²) in [6.45, 7) is 7.15. The second-order valence-electron chi connectivity index (χ2n) is 13.6. The lowest BCUT2D eigenvalue weighted by molar-refractivity contribution is -0.162. The van der Waals surface area contributed by atoms with Gasteiger partial charge in [-0.3, -0.25) is 14.5 Å². The number of aliphatic hydroxyl groups excluding tert-OH is 1. The van der Waals surface area contributed by atoms with Crippen LogP contribution in [0, 0.1) is 23.7 Å². The highest BCUT2D eigenvalue weighted by Crippen LogP contribution is 2.57. The number of amides is 2. The molecule has 0 spiro atoms. The maximum Gasteiger partial charge on any atom is 0.241 e. The summed E-state index contributed by atoms with van der Waals surface area (Å²) < 4.78 is 5.98. The highest BCUT2D eigenvalue weighted by atomic mass is 35.5. The van der Waals surface area contributed by atoms with Crippen LogP contribution in [0.3, 0.4) is 0 Å². The number of aliphatic hydroxyl groups is 1. The number of carbonyl (C=O) groups excluding carboxylic acids is 2. The van der Waals surface area contributed by atoms with Crippen LogP contribution in [0.2, 0.25) is 5.02 Å². The van der Waals surface area contributed by atoms with Crippen LogP contribution in [0.4, 0.5) is 5.69 Å². The molecule has 1 aromatic rings. The summed E-state index contributed by atoms with van der Waals surface area (Å²) in [5, 5.41) is 15.1. The van der Waals surface area contributed by atoms with Crippen molar-refractivity contribution in [2.45, 2.75) is 95.0 Å². The Morgan fingerprint density at radius 3 is 2.52 bits per heavy atom. The van der Waals surface area contributed by atoms with Crippen molar-refractivity contribution in [1.29, 1.82) is 0 Å². The maximum atomic E-state index is 13.4. The average molecular weight is 575 g/mol. The van der Waals surface area contributed by atoms with Gasteiger partial charge in [0.15, 0.2) is 0 Å². The summed E-state index contributed by atoms with van der Waals surface area (Å²) >= 11 is 6.38. The standard InChI is InChI=1S/C31H47ClN4O4/c1-5-20(29(39)34-28-21-10-19-11-22(28)15-31(13-19,14-21)40-4)12-26(37)24(33)16-35-17-27(38)36(18-30(35,2)3)25-9-7-6-8-23(25)32/h6-9,19-22,24,26,28,37H,5,10-18,33H2,1-4H3,(H,34,39)/t19?,20-,21+,22+,24+,26+,28?,31?/m1/s1. The van der Waals surface area contributed by atoms with Crippen LogP contribution >= 0.6 is 11.6 Å². The first-order valence-corrected chi connectivity index (χ1v) is 15.4. The number of rotatable bonds is 10. The Hall–Kier alpha value is -1.71. The molecule has 2 amide bonds. The lowest BCUT2D eigenvalue weighted by Crippen LogP contribution is -2.64. The van der Waals surface area contributed by atoms with E-state index < -0.39 is 12.1 Å². The van der Waals surface area contributed by atoms with E-state index in [-0.39, 0.29) is 41.5 Å². The molecule has 1 saturated heterocycles. The summed E-state index contributed by atoms with van der Waals surface area (Å²) in [5.74, 6) is 1.34. The normalized spacial score (nSPS) is 33.6. The third kappa shape index (κ3) is 5.80. The van der Waals surface area contributed by atoms with E-state index in [4.69, 9.17) is 22.1 Å². The predicted molar refractivity (Wildman–Crippen MR) is 157 cm³/mol. The Morgan fingerprint density at radius 2 is 1.90 bits per heavy atom. The van der Waals surface area contributed by atoms with E-state index in [0.717, 1.165) is 25.2 Å². The topological polar surface area (TPSA) is 108 Å². The Labute approximate surface area is 243 Å². The lowest BCUT2D eigenvalue weighted by atomic mass is 9.52. The minimum atomic E-state index is -0.849. The van der Waals surface area contributed by atoms with Crippen LogP contribution in [-0.2, 0) is 14.3 Å². The fourth-order valence-electron chi connectivity index (χ4n) is 8.26. The molecule has 8 nitrogen and oxygen atoms in total. The lowest BCUT2D eigenvalue weighted by Gasteiger charge is -2.59. The zero-order chi connectivity index (χ0) is 28.8. The van der Waals surface area contributed by atoms with Crippen molar-refractivity contribution in [2.75, 3.05) is 31.6 Å². The number of hydrogen-bond donors (Lipinski definition) is 3. The Morgan fingerprint density at radius 1 is 1.23 bits per heavy atom. The molecule has 40 heavy (non-hydrogen) atoms. The van der Waals surface area contributed by atoms with Crippen LogP contribution in [0.25, 0.3) is 0 Å². The third-order valence-corrected chi connectivity index (χ3v) is 10.8. The summed E-state index contributed by atoms with van der Waals surface area (Å²) in [5.41, 5.74) is 6.86. The number of nitrogens with two attached hydrogens (primary N) is 1. The Bertz CT molecular complexity index is 1080. The van der Waals surface area contributed by atoms with Crippen molar-refractivity contribution in [2.24, 2.45) is 29.4 Å². The second-order valence-corrected chi connectivity index (χ2v) is 14.0. The Balaban J connectivity index is 1.16. The first-order valence-electron chi connectivity index (χ1n) is 15.0. The van der Waals surface area contributed by atoms with Crippen molar-refractivity contribution in [3.05, 3.63) is 29.3 Å². The van der Waals surface area contributed by atoms with Crippen molar-refractivity contribution < 1.29 is 19.4 Å². The van der Waals surface area contributed by atoms with Crippen LogP contribution in [0.5, 0.6) is 0 Å². The van der Waals surface area contributed by atoms with Crippen LogP contribution in [-0.4, -0.2) is 77.9 Å². The van der Waals surface area contributed by atoms with Gasteiger partial charge in [0.2, 0.25) is 11.8 Å². The third-order valence-electron chi connectivity index (χ3n) is 10.4. The van der Waals surface area contributed by atoms with Gasteiger partial charge in [-0.25, -0.2) is 0 Å². The van der Waals surface area contributed by atoms with Crippen LogP contribution in [0.1, 0.15) is 65.7 Å². The molecule has 0 radical (unpaired) electrons. The summed E-state index contributed by atoms with van der Waals surface area (Å²) in [4.78, 5) is 30.3. The number of ether oxygens (including phenoxy) is 1. The van der Waals surface area contributed by atoms with E-state index >= 15 is 0 Å². The molecule has 1 aliphatic heterocycles. The highest BCUT2D eigenvalue weighted by molar-refractivity contribution is 6.33. The largest absolute Gasteiger partial charge is 0.391 e. The average Bonchev–Trinajstić information content (AvgIpc) is 2.91. The van der Waals surface area contributed by atoms with Crippen molar-refractivity contribution in [3.63, 3.8) is 0 Å². The molecule has 5 atom stereocenters. The zero-order valence-corrected chi connectivity index (χ0v) is 25.2. The van der Waals surface area contributed by atoms with Gasteiger partial charge >= 0.3 is 0 Å². The quantitative estimate of drug-likeness (QED) is 0.394. The van der Waals surface area contributed by atoms with Crippen LogP contribution in [0.15, 0.2) is 24.3 Å². The number of hydrogen-bond acceptors (Lipinski definition) is 6. The van der Waals surface area contributed by atoms with Gasteiger partial charge in [-0.1, -0.05) is 30.7 Å². The molecule has 4 aliphatic carbocycles. The minimum Gasteiger partial charge on any atom is -0.391 e. The predicted octanol–water partition coefficient (Wildman–Crippen LogP) is 3.58. The molecule has 5 aliphatic rings. The van der Waals surface area contributed by atoms with Gasteiger partial charge in [0.25, 0.3) is 0 Å². The van der Waals surface area contributed by atoms with E-state index in [2.05, 4.69) is 19.2 Å². The van der Waals surface area contributed by atoms with E-state index in [1.165, 1.54) is 12.8 Å². The van der Waals surface area contributed by atoms with Crippen molar-refractivity contribution in [3.8, 4) is 0 Å². The molecular formula is C31H47ClN4O4. The fourth-order valence-corrected chi connectivity index (χ4v) is 8.50. The molecule has 1 heterocycles. The highest BCUT2D eigenvalue weighted by Gasteiger charge is 2.56. The van der Waals surface area contributed by atoms with Gasteiger partial charge in [0.05, 0.1) is 29.0 Å². The van der Waals surface area contributed by atoms with Crippen molar-refractivity contribution >= 4 is 29.1 Å². The summed E-state index contributed by atoms with van der Waals surface area (Å²) in [6.07, 6.45) is 5.68. The van der Waals surface area contributed by atoms with E-state index in [1.54, 1.807) is 11.0 Å². The summed E-state index contributed by atoms with van der Waals surface area (Å²) in [6, 6.07) is 6.99. The molecule has 6 rings (SSSR count). The number of nitrogens with one attached hydrogen (secondary N) is 1. The number of nitrogens with zero attached hydrogens (tertiary/aromatic N) is 2. The fraction of sp³-hybridized carbons (Fsp3) is 0.742. The smallest absolute Gasteiger partial charge is 0.241 e. The number of methoxy groups -OCH3 is 1. The van der Waals surface area contributed by atoms with E-state index in [9.17, 15) is 14.7 Å². The number of benzene rings is 1. The van der Waals surface area contributed by atoms with E-state index in [1.807, 2.05) is 37.1 Å². The minimum absolute atomic E-state index is 0.0127. The molecule has 4 bridgehead atoms. The molecule has 1 aromatic carbocycles. The first kappa shape index (κ1) is 29.8. The van der Waals surface area contributed by atoms with Gasteiger partial charge in [0, 0.05) is 43.7 Å². The summed E-state index contributed by atoms with van der Waals surface area (Å²) in [7, 11) is 1.84. The second kappa shape index (κ2) is 11.5. The number of halogens is 1. The molecule has 222 valence electrons. The number of para-hydroxylation sites is 1. The molecular weight excluding hydrogens is 528 g/mol. The number of carbonyl (C=O) groups is 2. The molecule has 0 aromatic heterocycles. The molecule has 0 unspecified atom stereocenters. The van der Waals surface area contributed by atoms with Gasteiger partial charge in [-0.2, -0.15) is 0 Å². The maximum absolute atomic E-state index is 13.4. The van der Waals surface area contributed by atoms with Crippen LogP contribution < -0.4 is 16.0 Å². The van der Waals surface area contributed by atoms with Crippen molar-refractivity contribution in [1.82, 2.24) is 10.2 Å². The van der Waals surface area contributed by atoms with Gasteiger partial charge in [-0.05, 0) is 88.7 Å². The molecule has 4 N–H and O–H groups in total.